The van der Waals surface area contributed by atoms with Crippen LogP contribution < -0.4 is 15.0 Å². The van der Waals surface area contributed by atoms with E-state index >= 15 is 0 Å². The Labute approximate surface area is 151 Å². The van der Waals surface area contributed by atoms with Crippen LogP contribution in [0, 0.1) is 0 Å². The molecule has 2 atom stereocenters. The van der Waals surface area contributed by atoms with E-state index in [0.717, 1.165) is 22.9 Å². The molecular weight excluding hydrogens is 334 g/mol. The molecular formula is C19H17N3O2S. The number of anilines is 1. The van der Waals surface area contributed by atoms with Crippen LogP contribution in [0.25, 0.3) is 0 Å². The highest BCUT2D eigenvalue weighted by Gasteiger charge is 2.42. The van der Waals surface area contributed by atoms with Crippen LogP contribution in [0.15, 0.2) is 71.5 Å². The van der Waals surface area contributed by atoms with E-state index in [1.165, 1.54) is 0 Å². The molecule has 25 heavy (non-hydrogen) atoms. The van der Waals surface area contributed by atoms with Crippen LogP contribution >= 0.6 is 12.2 Å². The van der Waals surface area contributed by atoms with Crippen molar-refractivity contribution in [2.75, 3.05) is 12.0 Å². The molecule has 126 valence electrons. The Kier molecular flexibility index (Phi) is 4.11. The number of benzene rings is 1. The number of nitrogens with zero attached hydrogens (tertiary/aromatic N) is 2. The highest BCUT2D eigenvalue weighted by atomic mass is 32.1. The average Bonchev–Trinajstić information content (AvgIpc) is 3.30. The van der Waals surface area contributed by atoms with Gasteiger partial charge in [0, 0.05) is 18.0 Å². The molecule has 1 N–H and O–H groups in total. The summed E-state index contributed by atoms with van der Waals surface area (Å²) in [6.07, 6.45) is 3.46. The SMILES string of the molecule is COc1cccc(N2C(=S)N[C@H](c3ccccn3)[C@H]2c2ccco2)c1. The molecule has 2 aromatic heterocycles. The van der Waals surface area contributed by atoms with Crippen LogP contribution in [0.5, 0.6) is 5.75 Å². The van der Waals surface area contributed by atoms with Crippen LogP contribution in [-0.2, 0) is 0 Å². The summed E-state index contributed by atoms with van der Waals surface area (Å²) in [6.45, 7) is 0. The van der Waals surface area contributed by atoms with Gasteiger partial charge in [-0.1, -0.05) is 12.1 Å². The fraction of sp³-hybridized carbons (Fsp3) is 0.158. The fourth-order valence-corrected chi connectivity index (χ4v) is 3.49. The maximum atomic E-state index is 5.73. The molecule has 1 aliphatic rings. The van der Waals surface area contributed by atoms with Crippen molar-refractivity contribution in [1.82, 2.24) is 10.3 Å². The minimum Gasteiger partial charge on any atom is -0.497 e. The number of hydrogen-bond acceptors (Lipinski definition) is 4. The zero-order valence-electron chi connectivity index (χ0n) is 13.6. The molecule has 1 aromatic carbocycles. The first-order valence-electron chi connectivity index (χ1n) is 7.96. The normalized spacial score (nSPS) is 19.7. The topological polar surface area (TPSA) is 50.5 Å². The first kappa shape index (κ1) is 15.7. The van der Waals surface area contributed by atoms with E-state index in [0.29, 0.717) is 5.11 Å². The molecule has 1 fully saturated rings. The minimum atomic E-state index is -0.135. The molecule has 0 aliphatic carbocycles. The van der Waals surface area contributed by atoms with E-state index in [1.54, 1.807) is 19.6 Å². The molecule has 4 rings (SSSR count). The van der Waals surface area contributed by atoms with Gasteiger partial charge in [0.25, 0.3) is 0 Å². The van der Waals surface area contributed by atoms with Gasteiger partial charge >= 0.3 is 0 Å². The molecule has 3 aromatic rings. The molecule has 0 spiro atoms. The summed E-state index contributed by atoms with van der Waals surface area (Å²) in [4.78, 5) is 6.55. The van der Waals surface area contributed by atoms with Gasteiger partial charge in [0.15, 0.2) is 5.11 Å². The molecule has 1 saturated heterocycles. The fourth-order valence-electron chi connectivity index (χ4n) is 3.14. The monoisotopic (exact) mass is 351 g/mol. The Balaban J connectivity index is 1.80. The zero-order valence-corrected chi connectivity index (χ0v) is 14.4. The van der Waals surface area contributed by atoms with Gasteiger partial charge in [-0.25, -0.2) is 0 Å². The molecule has 0 amide bonds. The van der Waals surface area contributed by atoms with Gasteiger partial charge in [0.05, 0.1) is 25.1 Å². The highest BCUT2D eigenvalue weighted by Crippen LogP contribution is 2.42. The van der Waals surface area contributed by atoms with Crippen LogP contribution in [0.3, 0.4) is 0 Å². The number of nitrogens with one attached hydrogen (secondary N) is 1. The van der Waals surface area contributed by atoms with E-state index in [4.69, 9.17) is 21.4 Å². The Hall–Kier alpha value is -2.86. The Morgan fingerprint density at radius 3 is 2.80 bits per heavy atom. The number of methoxy groups -OCH3 is 1. The third-order valence-corrected chi connectivity index (χ3v) is 4.58. The second-order valence-corrected chi connectivity index (χ2v) is 6.10. The maximum absolute atomic E-state index is 5.73. The van der Waals surface area contributed by atoms with E-state index in [2.05, 4.69) is 15.2 Å². The van der Waals surface area contributed by atoms with Gasteiger partial charge in [-0.05, 0) is 48.6 Å². The van der Waals surface area contributed by atoms with Gasteiger partial charge in [-0.15, -0.1) is 0 Å². The summed E-state index contributed by atoms with van der Waals surface area (Å²) in [7, 11) is 1.65. The molecule has 3 heterocycles. The van der Waals surface area contributed by atoms with E-state index in [9.17, 15) is 0 Å². The third-order valence-electron chi connectivity index (χ3n) is 4.26. The maximum Gasteiger partial charge on any atom is 0.174 e. The first-order chi connectivity index (χ1) is 12.3. The zero-order chi connectivity index (χ0) is 17.2. The van der Waals surface area contributed by atoms with E-state index in [1.807, 2.05) is 54.6 Å². The lowest BCUT2D eigenvalue weighted by atomic mass is 10.0. The molecule has 5 nitrogen and oxygen atoms in total. The van der Waals surface area contributed by atoms with Crippen molar-refractivity contribution >= 4 is 23.0 Å². The van der Waals surface area contributed by atoms with Crippen molar-refractivity contribution < 1.29 is 9.15 Å². The van der Waals surface area contributed by atoms with Crippen molar-refractivity contribution in [3.63, 3.8) is 0 Å². The first-order valence-corrected chi connectivity index (χ1v) is 8.37. The lowest BCUT2D eigenvalue weighted by molar-refractivity contribution is 0.414. The van der Waals surface area contributed by atoms with Crippen LogP contribution in [0.1, 0.15) is 23.5 Å². The van der Waals surface area contributed by atoms with Gasteiger partial charge in [-0.3, -0.25) is 4.98 Å². The van der Waals surface area contributed by atoms with Gasteiger partial charge in [-0.2, -0.15) is 0 Å². The van der Waals surface area contributed by atoms with Gasteiger partial charge < -0.3 is 19.4 Å². The molecule has 0 radical (unpaired) electrons. The second-order valence-electron chi connectivity index (χ2n) is 5.71. The number of thiocarbonyl (C=S) groups is 1. The standard InChI is InChI=1S/C19H17N3O2S/c1-23-14-7-4-6-13(12-14)22-18(16-9-5-11-24-16)17(21-19(22)25)15-8-2-3-10-20-15/h2-12,17-18H,1H3,(H,21,25)/t17-,18-/m1/s1. The molecule has 1 aliphatic heterocycles. The predicted molar refractivity (Wildman–Crippen MR) is 99.6 cm³/mol. The summed E-state index contributed by atoms with van der Waals surface area (Å²) in [5.41, 5.74) is 1.85. The number of rotatable bonds is 4. The molecule has 0 saturated carbocycles. The predicted octanol–water partition coefficient (Wildman–Crippen LogP) is 3.86. The Morgan fingerprint density at radius 2 is 2.08 bits per heavy atom. The van der Waals surface area contributed by atoms with Crippen molar-refractivity contribution in [3.05, 3.63) is 78.5 Å². The number of hydrogen-bond donors (Lipinski definition) is 1. The van der Waals surface area contributed by atoms with Crippen molar-refractivity contribution in [3.8, 4) is 5.75 Å². The number of pyridine rings is 1. The van der Waals surface area contributed by atoms with Crippen molar-refractivity contribution in [2.45, 2.75) is 12.1 Å². The Morgan fingerprint density at radius 1 is 1.16 bits per heavy atom. The summed E-state index contributed by atoms with van der Waals surface area (Å²) in [6, 6.07) is 17.3. The summed E-state index contributed by atoms with van der Waals surface area (Å²) < 4.78 is 11.1. The summed E-state index contributed by atoms with van der Waals surface area (Å²) in [5.74, 6) is 1.60. The quantitative estimate of drug-likeness (QED) is 0.721. The van der Waals surface area contributed by atoms with E-state index in [-0.39, 0.29) is 12.1 Å². The van der Waals surface area contributed by atoms with Crippen LogP contribution in [0.2, 0.25) is 0 Å². The van der Waals surface area contributed by atoms with Crippen LogP contribution in [0.4, 0.5) is 5.69 Å². The average molecular weight is 351 g/mol. The molecule has 0 unspecified atom stereocenters. The third kappa shape index (κ3) is 2.85. The van der Waals surface area contributed by atoms with Crippen LogP contribution in [-0.4, -0.2) is 17.2 Å². The van der Waals surface area contributed by atoms with Crippen molar-refractivity contribution in [2.24, 2.45) is 0 Å². The Bertz CT molecular complexity index is 867. The smallest absolute Gasteiger partial charge is 0.174 e. The largest absolute Gasteiger partial charge is 0.497 e. The lowest BCUT2D eigenvalue weighted by Crippen LogP contribution is -2.29. The number of furan rings is 1. The van der Waals surface area contributed by atoms with Crippen molar-refractivity contribution in [1.29, 1.82) is 0 Å². The minimum absolute atomic E-state index is 0.106. The number of aromatic nitrogens is 1. The molecule has 0 bridgehead atoms. The summed E-state index contributed by atoms with van der Waals surface area (Å²) >= 11 is 5.63. The van der Waals surface area contributed by atoms with E-state index < -0.39 is 0 Å². The lowest BCUT2D eigenvalue weighted by Gasteiger charge is -2.26. The molecule has 6 heteroatoms. The summed E-state index contributed by atoms with van der Waals surface area (Å²) in [5, 5.41) is 4.02. The number of ether oxygens (including phenoxy) is 1. The second kappa shape index (κ2) is 6.57. The van der Waals surface area contributed by atoms with Gasteiger partial charge in [0.2, 0.25) is 0 Å². The van der Waals surface area contributed by atoms with Gasteiger partial charge in [0.1, 0.15) is 17.6 Å². The highest BCUT2D eigenvalue weighted by molar-refractivity contribution is 7.80.